The number of ketones is 1. The largest absolute Gasteiger partial charge is 0.466 e. The Balaban J connectivity index is 1.86. The minimum Gasteiger partial charge on any atom is -0.466 e. The monoisotopic (exact) mass is 346 g/mol. The number of carbonyl (C=O) groups excluding carboxylic acids is 2. The summed E-state index contributed by atoms with van der Waals surface area (Å²) in [6.45, 7) is 0.399. The van der Waals surface area contributed by atoms with Crippen molar-refractivity contribution in [2.24, 2.45) is 11.8 Å². The minimum atomic E-state index is -1.46. The van der Waals surface area contributed by atoms with Crippen LogP contribution < -0.4 is 0 Å². The van der Waals surface area contributed by atoms with Crippen molar-refractivity contribution in [2.45, 2.75) is 24.9 Å². The first-order chi connectivity index (χ1) is 12.1. The first kappa shape index (κ1) is 17.8. The van der Waals surface area contributed by atoms with Gasteiger partial charge in [0.2, 0.25) is 11.6 Å². The van der Waals surface area contributed by atoms with E-state index in [-0.39, 0.29) is 11.9 Å². The molecule has 0 aromatic heterocycles. The number of methoxy groups -OCH3 is 3. The maximum atomic E-state index is 12.9. The SMILES string of the molecule is COC(=O)C1=C[C@@H]2C(=O)C(OC)(OC)[C@H]1C[C@@H]2OCc1ccccc1. The van der Waals surface area contributed by atoms with Crippen LogP contribution in [0.15, 0.2) is 42.0 Å². The van der Waals surface area contributed by atoms with Crippen molar-refractivity contribution in [1.82, 2.24) is 0 Å². The lowest BCUT2D eigenvalue weighted by Crippen LogP contribution is -2.63. The molecule has 4 rings (SSSR count). The van der Waals surface area contributed by atoms with Crippen LogP contribution in [0.4, 0.5) is 0 Å². The van der Waals surface area contributed by atoms with Crippen LogP contribution in [0.5, 0.6) is 0 Å². The summed E-state index contributed by atoms with van der Waals surface area (Å²) in [6, 6.07) is 9.74. The summed E-state index contributed by atoms with van der Waals surface area (Å²) >= 11 is 0. The molecule has 0 saturated heterocycles. The van der Waals surface area contributed by atoms with Crippen molar-refractivity contribution < 1.29 is 28.5 Å². The molecule has 0 unspecified atom stereocenters. The molecule has 0 radical (unpaired) electrons. The third kappa shape index (κ3) is 2.90. The zero-order valence-electron chi connectivity index (χ0n) is 14.6. The third-order valence-electron chi connectivity index (χ3n) is 5.04. The van der Waals surface area contributed by atoms with Crippen LogP contribution in [-0.2, 0) is 35.1 Å². The average Bonchev–Trinajstić information content (AvgIpc) is 2.67. The van der Waals surface area contributed by atoms with Crippen molar-refractivity contribution in [1.29, 1.82) is 0 Å². The van der Waals surface area contributed by atoms with Gasteiger partial charge in [0.1, 0.15) is 0 Å². The number of ether oxygens (including phenoxy) is 4. The van der Waals surface area contributed by atoms with E-state index < -0.39 is 23.6 Å². The summed E-state index contributed by atoms with van der Waals surface area (Å²) in [5.41, 5.74) is 1.44. The fourth-order valence-corrected chi connectivity index (χ4v) is 3.78. The number of carbonyl (C=O) groups is 2. The number of esters is 1. The lowest BCUT2D eigenvalue weighted by Gasteiger charge is -2.49. The molecule has 3 aliphatic carbocycles. The van der Waals surface area contributed by atoms with Crippen molar-refractivity contribution in [2.75, 3.05) is 21.3 Å². The van der Waals surface area contributed by atoms with E-state index in [2.05, 4.69) is 0 Å². The normalized spacial score (nSPS) is 27.1. The van der Waals surface area contributed by atoms with E-state index in [1.54, 1.807) is 6.08 Å². The van der Waals surface area contributed by atoms with Crippen LogP contribution in [0.1, 0.15) is 12.0 Å². The molecule has 1 aromatic rings. The van der Waals surface area contributed by atoms with Crippen molar-refractivity contribution in [3.8, 4) is 0 Å². The number of Topliss-reactive ketones (excluding diaryl/α,β-unsaturated/α-hetero) is 1. The van der Waals surface area contributed by atoms with Gasteiger partial charge in [-0.25, -0.2) is 4.79 Å². The summed E-state index contributed by atoms with van der Waals surface area (Å²) in [5.74, 6) is -3.33. The van der Waals surface area contributed by atoms with E-state index >= 15 is 0 Å². The lowest BCUT2D eigenvalue weighted by molar-refractivity contribution is -0.248. The molecule has 1 fully saturated rings. The van der Waals surface area contributed by atoms with Gasteiger partial charge in [-0.15, -0.1) is 0 Å². The zero-order valence-corrected chi connectivity index (χ0v) is 14.6. The molecule has 0 amide bonds. The number of hydrogen-bond donors (Lipinski definition) is 0. The molecule has 25 heavy (non-hydrogen) atoms. The summed E-state index contributed by atoms with van der Waals surface area (Å²) in [4.78, 5) is 25.0. The smallest absolute Gasteiger partial charge is 0.333 e. The Morgan fingerprint density at radius 2 is 1.84 bits per heavy atom. The summed E-state index contributed by atoms with van der Waals surface area (Å²) in [5, 5.41) is 0. The van der Waals surface area contributed by atoms with Crippen LogP contribution in [0.2, 0.25) is 0 Å². The Kier molecular flexibility index (Phi) is 5.03. The van der Waals surface area contributed by atoms with Gasteiger partial charge in [-0.2, -0.15) is 0 Å². The summed E-state index contributed by atoms with van der Waals surface area (Å²) in [7, 11) is 4.14. The average molecular weight is 346 g/mol. The molecule has 6 nitrogen and oxygen atoms in total. The van der Waals surface area contributed by atoms with Crippen LogP contribution >= 0.6 is 0 Å². The Morgan fingerprint density at radius 1 is 1.16 bits per heavy atom. The molecule has 0 aliphatic heterocycles. The van der Waals surface area contributed by atoms with Gasteiger partial charge < -0.3 is 18.9 Å². The predicted octanol–water partition coefficient (Wildman–Crippen LogP) is 1.88. The molecule has 0 spiro atoms. The first-order valence-electron chi connectivity index (χ1n) is 8.17. The van der Waals surface area contributed by atoms with Gasteiger partial charge in [0.05, 0.1) is 31.7 Å². The van der Waals surface area contributed by atoms with E-state index in [9.17, 15) is 9.59 Å². The van der Waals surface area contributed by atoms with Crippen molar-refractivity contribution in [3.05, 3.63) is 47.5 Å². The summed E-state index contributed by atoms with van der Waals surface area (Å²) < 4.78 is 21.7. The predicted molar refractivity (Wildman–Crippen MR) is 88.5 cm³/mol. The highest BCUT2D eigenvalue weighted by molar-refractivity contribution is 6.00. The molecule has 134 valence electrons. The van der Waals surface area contributed by atoms with Gasteiger partial charge in [-0.3, -0.25) is 4.79 Å². The highest BCUT2D eigenvalue weighted by atomic mass is 16.7. The fraction of sp³-hybridized carbons (Fsp3) is 0.474. The van der Waals surface area contributed by atoms with E-state index in [1.165, 1.54) is 21.3 Å². The molecule has 6 heteroatoms. The van der Waals surface area contributed by atoms with Crippen LogP contribution in [0.25, 0.3) is 0 Å². The van der Waals surface area contributed by atoms with Crippen LogP contribution in [0.3, 0.4) is 0 Å². The lowest BCUT2D eigenvalue weighted by atomic mass is 9.65. The fourth-order valence-electron chi connectivity index (χ4n) is 3.78. The molecule has 2 bridgehead atoms. The summed E-state index contributed by atoms with van der Waals surface area (Å²) in [6.07, 6.45) is 1.77. The van der Waals surface area contributed by atoms with Gasteiger partial charge in [-0.05, 0) is 12.0 Å². The second-order valence-corrected chi connectivity index (χ2v) is 6.20. The first-order valence-corrected chi connectivity index (χ1v) is 8.17. The van der Waals surface area contributed by atoms with E-state index in [0.717, 1.165) is 5.56 Å². The van der Waals surface area contributed by atoms with E-state index in [0.29, 0.717) is 18.6 Å². The molecule has 1 aromatic carbocycles. The quantitative estimate of drug-likeness (QED) is 0.579. The van der Waals surface area contributed by atoms with E-state index in [1.807, 2.05) is 30.3 Å². The third-order valence-corrected chi connectivity index (χ3v) is 5.04. The molecular formula is C19H22O6. The molecule has 0 heterocycles. The zero-order chi connectivity index (χ0) is 18.0. The van der Waals surface area contributed by atoms with Gasteiger partial charge in [0.25, 0.3) is 0 Å². The van der Waals surface area contributed by atoms with E-state index in [4.69, 9.17) is 18.9 Å². The molecule has 3 aliphatic rings. The van der Waals surface area contributed by atoms with Gasteiger partial charge in [0.15, 0.2) is 0 Å². The van der Waals surface area contributed by atoms with Crippen molar-refractivity contribution in [3.63, 3.8) is 0 Å². The van der Waals surface area contributed by atoms with Crippen LogP contribution in [0, 0.1) is 11.8 Å². The van der Waals surface area contributed by atoms with Gasteiger partial charge in [0, 0.05) is 19.8 Å². The number of benzene rings is 1. The Labute approximate surface area is 146 Å². The highest BCUT2D eigenvalue weighted by Gasteiger charge is 2.61. The molecule has 1 saturated carbocycles. The highest BCUT2D eigenvalue weighted by Crippen LogP contribution is 2.48. The van der Waals surface area contributed by atoms with Gasteiger partial charge in [-0.1, -0.05) is 36.4 Å². The molecule has 0 N–H and O–H groups in total. The molecular weight excluding hydrogens is 324 g/mol. The number of rotatable bonds is 6. The van der Waals surface area contributed by atoms with Crippen LogP contribution in [-0.4, -0.2) is 45.0 Å². The van der Waals surface area contributed by atoms with Crippen molar-refractivity contribution >= 4 is 11.8 Å². The Hall–Kier alpha value is -2.02. The Morgan fingerprint density at radius 3 is 2.44 bits per heavy atom. The second-order valence-electron chi connectivity index (χ2n) is 6.20. The second kappa shape index (κ2) is 7.07. The van der Waals surface area contributed by atoms with Gasteiger partial charge >= 0.3 is 5.97 Å². The minimum absolute atomic E-state index is 0.223. The number of hydrogen-bond acceptors (Lipinski definition) is 6. The maximum Gasteiger partial charge on any atom is 0.333 e. The topological polar surface area (TPSA) is 71.1 Å². The Bertz CT molecular complexity index is 676. The number of fused-ring (bicyclic) bond motifs is 2. The molecule has 3 atom stereocenters. The standard InChI is InChI=1S/C19H22O6/c1-22-18(21)13-9-14-16(25-11-12-7-5-4-6-8-12)10-15(13)19(23-2,24-3)17(14)20/h4-9,14-16H,10-11H2,1-3H3/t14-,15-,16-/m0/s1. The maximum absolute atomic E-state index is 12.9.